The second-order valence-corrected chi connectivity index (χ2v) is 5.89. The maximum Gasteiger partial charge on any atom is 0.0920 e. The molecule has 84 valence electrons. The number of fused-ring (bicyclic) bond motifs is 1. The van der Waals surface area contributed by atoms with Crippen LogP contribution in [0.2, 0.25) is 0 Å². The van der Waals surface area contributed by atoms with E-state index in [1.807, 2.05) is 0 Å². The van der Waals surface area contributed by atoms with E-state index in [9.17, 15) is 5.11 Å². The molecule has 2 bridgehead atoms. The van der Waals surface area contributed by atoms with E-state index >= 15 is 0 Å². The fourth-order valence-corrected chi connectivity index (χ4v) is 4.41. The summed E-state index contributed by atoms with van der Waals surface area (Å²) in [6, 6.07) is 0. The molecule has 3 aliphatic rings. The number of rotatable bonds is 2. The van der Waals surface area contributed by atoms with E-state index in [-0.39, 0.29) is 5.54 Å². The first-order chi connectivity index (χ1) is 7.14. The summed E-state index contributed by atoms with van der Waals surface area (Å²) in [6.45, 7) is 2.21. The lowest BCUT2D eigenvalue weighted by Gasteiger charge is -2.31. The van der Waals surface area contributed by atoms with Gasteiger partial charge in [-0.3, -0.25) is 0 Å². The first kappa shape index (κ1) is 9.71. The number of hydrogen-bond donors (Lipinski definition) is 2. The van der Waals surface area contributed by atoms with Crippen molar-refractivity contribution < 1.29 is 5.11 Å². The minimum absolute atomic E-state index is 0.0118. The van der Waals surface area contributed by atoms with Crippen LogP contribution in [-0.2, 0) is 0 Å². The molecule has 3 N–H and O–H groups in total. The summed E-state index contributed by atoms with van der Waals surface area (Å²) in [6.07, 6.45) is 6.75. The minimum atomic E-state index is 0.0118. The summed E-state index contributed by atoms with van der Waals surface area (Å²) in [5.41, 5.74) is 7.89. The predicted molar refractivity (Wildman–Crippen MR) is 60.4 cm³/mol. The molecule has 4 atom stereocenters. The Morgan fingerprint density at radius 2 is 2.27 bits per heavy atom. The summed E-state index contributed by atoms with van der Waals surface area (Å²) < 4.78 is 0. The molecule has 15 heavy (non-hydrogen) atoms. The van der Waals surface area contributed by atoms with Crippen LogP contribution in [0.15, 0.2) is 11.3 Å². The van der Waals surface area contributed by atoms with Gasteiger partial charge in [0.15, 0.2) is 0 Å². The van der Waals surface area contributed by atoms with Crippen molar-refractivity contribution in [3.05, 3.63) is 11.3 Å². The first-order valence-corrected chi connectivity index (χ1v) is 6.34. The summed E-state index contributed by atoms with van der Waals surface area (Å²) in [4.78, 5) is 0. The molecule has 0 aromatic carbocycles. The monoisotopic (exact) mass is 207 g/mol. The van der Waals surface area contributed by atoms with Crippen molar-refractivity contribution in [2.45, 2.75) is 51.0 Å². The Hall–Kier alpha value is -0.500. The topological polar surface area (TPSA) is 46.2 Å². The molecule has 0 aliphatic heterocycles. The molecule has 3 rings (SSSR count). The van der Waals surface area contributed by atoms with Crippen LogP contribution in [0.3, 0.4) is 0 Å². The Morgan fingerprint density at radius 3 is 3.00 bits per heavy atom. The van der Waals surface area contributed by atoms with E-state index < -0.39 is 0 Å². The highest BCUT2D eigenvalue weighted by Crippen LogP contribution is 2.59. The van der Waals surface area contributed by atoms with E-state index in [0.29, 0.717) is 17.6 Å². The van der Waals surface area contributed by atoms with Crippen LogP contribution in [0.4, 0.5) is 0 Å². The third-order valence-corrected chi connectivity index (χ3v) is 4.93. The average molecular weight is 207 g/mol. The van der Waals surface area contributed by atoms with Crippen LogP contribution < -0.4 is 5.73 Å². The number of aliphatic hydroxyl groups excluding tert-OH is 1. The minimum Gasteiger partial charge on any atom is -0.512 e. The maximum absolute atomic E-state index is 10.0. The highest BCUT2D eigenvalue weighted by Gasteiger charge is 2.55. The summed E-state index contributed by atoms with van der Waals surface area (Å²) in [5, 5.41) is 10.0. The molecule has 0 radical (unpaired) electrons. The predicted octanol–water partition coefficient (Wildman–Crippen LogP) is 2.75. The Bertz CT molecular complexity index is 322. The number of nitrogens with two attached hydrogens (primary N) is 1. The van der Waals surface area contributed by atoms with Gasteiger partial charge in [0, 0.05) is 12.0 Å². The Kier molecular flexibility index (Phi) is 1.94. The van der Waals surface area contributed by atoms with Gasteiger partial charge in [-0.05, 0) is 49.0 Å². The van der Waals surface area contributed by atoms with Crippen LogP contribution in [0.5, 0.6) is 0 Å². The Labute approximate surface area is 91.5 Å². The van der Waals surface area contributed by atoms with Crippen molar-refractivity contribution in [1.82, 2.24) is 0 Å². The van der Waals surface area contributed by atoms with Gasteiger partial charge in [-0.25, -0.2) is 0 Å². The first-order valence-electron chi connectivity index (χ1n) is 6.34. The normalized spacial score (nSPS) is 47.7. The highest BCUT2D eigenvalue weighted by atomic mass is 16.3. The van der Waals surface area contributed by atoms with Gasteiger partial charge in [0.1, 0.15) is 0 Å². The molecule has 4 unspecified atom stereocenters. The Balaban J connectivity index is 1.98. The van der Waals surface area contributed by atoms with Crippen molar-refractivity contribution >= 4 is 0 Å². The molecule has 2 nitrogen and oxygen atoms in total. The zero-order valence-electron chi connectivity index (χ0n) is 9.50. The van der Waals surface area contributed by atoms with E-state index in [1.54, 1.807) is 0 Å². The van der Waals surface area contributed by atoms with Gasteiger partial charge < -0.3 is 10.8 Å². The quantitative estimate of drug-likeness (QED) is 0.731. The maximum atomic E-state index is 10.0. The fraction of sp³-hybridized carbons (Fsp3) is 0.846. The molecule has 0 aromatic heterocycles. The molecular formula is C13H21NO. The van der Waals surface area contributed by atoms with Crippen LogP contribution in [-0.4, -0.2) is 10.6 Å². The van der Waals surface area contributed by atoms with Crippen molar-refractivity contribution in [2.24, 2.45) is 23.5 Å². The van der Waals surface area contributed by atoms with E-state index in [2.05, 4.69) is 6.92 Å². The molecular weight excluding hydrogens is 186 g/mol. The largest absolute Gasteiger partial charge is 0.512 e. The number of allylic oxidation sites excluding steroid dienone is 1. The van der Waals surface area contributed by atoms with Gasteiger partial charge in [-0.15, -0.1) is 0 Å². The lowest BCUT2D eigenvalue weighted by atomic mass is 9.80. The highest BCUT2D eigenvalue weighted by molar-refractivity contribution is 5.30. The van der Waals surface area contributed by atoms with Gasteiger partial charge in [0.05, 0.1) is 5.76 Å². The molecule has 2 saturated carbocycles. The van der Waals surface area contributed by atoms with Crippen molar-refractivity contribution in [2.75, 3.05) is 0 Å². The second-order valence-electron chi connectivity index (χ2n) is 5.89. The third kappa shape index (κ3) is 1.20. The van der Waals surface area contributed by atoms with Crippen molar-refractivity contribution in [1.29, 1.82) is 0 Å². The number of hydrogen-bond acceptors (Lipinski definition) is 2. The number of aliphatic hydroxyl groups is 1. The third-order valence-electron chi connectivity index (χ3n) is 4.93. The van der Waals surface area contributed by atoms with Gasteiger partial charge in [0.25, 0.3) is 0 Å². The molecule has 0 amide bonds. The standard InChI is InChI=1S/C13H21NO/c1-2-3-13(14)7-10-9-4-8(5-11(9)13)6-12(10)15/h8-9,11,15H,2-7,14H2,1H3. The van der Waals surface area contributed by atoms with Crippen LogP contribution in [0.25, 0.3) is 0 Å². The van der Waals surface area contributed by atoms with Crippen molar-refractivity contribution in [3.8, 4) is 0 Å². The summed E-state index contributed by atoms with van der Waals surface area (Å²) in [5.74, 6) is 2.73. The summed E-state index contributed by atoms with van der Waals surface area (Å²) >= 11 is 0. The molecule has 2 heteroatoms. The molecule has 0 heterocycles. The van der Waals surface area contributed by atoms with Gasteiger partial charge in [0.2, 0.25) is 0 Å². The van der Waals surface area contributed by atoms with Gasteiger partial charge in [-0.2, -0.15) is 0 Å². The zero-order chi connectivity index (χ0) is 10.6. The lowest BCUT2D eigenvalue weighted by Crippen LogP contribution is -2.43. The lowest BCUT2D eigenvalue weighted by molar-refractivity contribution is 0.261. The smallest absolute Gasteiger partial charge is 0.0920 e. The summed E-state index contributed by atoms with van der Waals surface area (Å²) in [7, 11) is 0. The van der Waals surface area contributed by atoms with E-state index in [4.69, 9.17) is 5.73 Å². The SMILES string of the molecule is CCCC1(N)CC2=C(O)CC3CC2C1C3. The van der Waals surface area contributed by atoms with Crippen molar-refractivity contribution in [3.63, 3.8) is 0 Å². The molecule has 2 fully saturated rings. The average Bonchev–Trinajstić information content (AvgIpc) is 2.63. The van der Waals surface area contributed by atoms with Gasteiger partial charge >= 0.3 is 0 Å². The van der Waals surface area contributed by atoms with Crippen LogP contribution in [0.1, 0.15) is 45.4 Å². The van der Waals surface area contributed by atoms with Crippen LogP contribution >= 0.6 is 0 Å². The second kappa shape index (κ2) is 3.00. The Morgan fingerprint density at radius 1 is 1.47 bits per heavy atom. The zero-order valence-corrected chi connectivity index (χ0v) is 9.50. The molecule has 0 spiro atoms. The molecule has 3 aliphatic carbocycles. The van der Waals surface area contributed by atoms with Gasteiger partial charge in [-0.1, -0.05) is 13.3 Å². The molecule has 0 aromatic rings. The van der Waals surface area contributed by atoms with E-state index in [0.717, 1.165) is 25.2 Å². The fourth-order valence-electron chi connectivity index (χ4n) is 4.41. The van der Waals surface area contributed by atoms with Crippen LogP contribution in [0, 0.1) is 17.8 Å². The molecule has 0 saturated heterocycles. The van der Waals surface area contributed by atoms with E-state index in [1.165, 1.54) is 24.8 Å².